The molecule has 38 heavy (non-hydrogen) atoms. The minimum Gasteiger partial charge on any atom is -0.441 e. The average Bonchev–Trinajstić information content (AvgIpc) is 2.88. The molecule has 11 heteroatoms. The van der Waals surface area contributed by atoms with Crippen molar-refractivity contribution in [1.82, 2.24) is 0 Å². The quantitative estimate of drug-likeness (QED) is 0.212. The number of carbonyl (C=O) groups excluding carboxylic acids is 4. The Kier molecular flexibility index (Phi) is 7.31. The van der Waals surface area contributed by atoms with E-state index in [2.05, 4.69) is 10.1 Å². The number of anilines is 1. The Bertz CT molecular complexity index is 1420. The first-order chi connectivity index (χ1) is 18.0. The number of ether oxygens (including phenoxy) is 2. The molecule has 3 aromatic carbocycles. The standard InChI is InChI=1S/C27H21F3N2O6/c1-14(37-25(35)19(31)13-15-7-3-2-4-8-15)32-20-12-11-18-21(24(20)38-26(36)27(28,29)30)23(34)17-10-6-5-9-16(17)22(18)33/h2-12,14,19,32H,13,31H2,1H3/t14?,19-/m0/s1. The average molecular weight is 526 g/mol. The van der Waals surface area contributed by atoms with Crippen molar-refractivity contribution >= 4 is 29.2 Å². The van der Waals surface area contributed by atoms with E-state index >= 15 is 0 Å². The van der Waals surface area contributed by atoms with E-state index in [9.17, 15) is 32.3 Å². The van der Waals surface area contributed by atoms with Crippen LogP contribution in [0, 0.1) is 0 Å². The highest BCUT2D eigenvalue weighted by atomic mass is 19.4. The Hall–Kier alpha value is -4.51. The number of nitrogens with two attached hydrogens (primary N) is 1. The van der Waals surface area contributed by atoms with Gasteiger partial charge in [-0.25, -0.2) is 4.79 Å². The third kappa shape index (κ3) is 5.42. The molecule has 8 nitrogen and oxygen atoms in total. The Balaban J connectivity index is 1.63. The monoisotopic (exact) mass is 526 g/mol. The van der Waals surface area contributed by atoms with E-state index in [1.807, 2.05) is 0 Å². The summed E-state index contributed by atoms with van der Waals surface area (Å²) in [5.74, 6) is -5.65. The predicted molar refractivity (Wildman–Crippen MR) is 129 cm³/mol. The minimum absolute atomic E-state index is 0.0576. The first-order valence-corrected chi connectivity index (χ1v) is 11.4. The van der Waals surface area contributed by atoms with Gasteiger partial charge in [0.2, 0.25) is 0 Å². The molecule has 196 valence electrons. The highest BCUT2D eigenvalue weighted by Gasteiger charge is 2.43. The number of hydrogen-bond acceptors (Lipinski definition) is 8. The Morgan fingerprint density at radius 2 is 1.50 bits per heavy atom. The van der Waals surface area contributed by atoms with E-state index in [1.54, 1.807) is 30.3 Å². The lowest BCUT2D eigenvalue weighted by Crippen LogP contribution is -2.38. The third-order valence-corrected chi connectivity index (χ3v) is 5.72. The smallest absolute Gasteiger partial charge is 0.441 e. The lowest BCUT2D eigenvalue weighted by Gasteiger charge is -2.24. The highest BCUT2D eigenvalue weighted by molar-refractivity contribution is 6.30. The zero-order valence-electron chi connectivity index (χ0n) is 19.9. The zero-order chi connectivity index (χ0) is 27.6. The maximum atomic E-state index is 13.2. The van der Waals surface area contributed by atoms with E-state index in [-0.39, 0.29) is 28.8 Å². The second-order valence-electron chi connectivity index (χ2n) is 8.48. The van der Waals surface area contributed by atoms with Crippen molar-refractivity contribution in [3.05, 3.63) is 94.5 Å². The maximum Gasteiger partial charge on any atom is 0.491 e. The molecule has 1 aliphatic rings. The molecule has 2 atom stereocenters. The molecule has 3 N–H and O–H groups in total. The molecular weight excluding hydrogens is 505 g/mol. The summed E-state index contributed by atoms with van der Waals surface area (Å²) in [5, 5.41) is 2.62. The Morgan fingerprint density at radius 1 is 0.895 bits per heavy atom. The number of fused-ring (bicyclic) bond motifs is 2. The van der Waals surface area contributed by atoms with Crippen LogP contribution in [0.2, 0.25) is 0 Å². The molecule has 0 bridgehead atoms. The van der Waals surface area contributed by atoms with Crippen LogP contribution in [0.15, 0.2) is 66.7 Å². The van der Waals surface area contributed by atoms with Gasteiger partial charge in [-0.05, 0) is 31.0 Å². The fourth-order valence-corrected chi connectivity index (χ4v) is 3.99. The lowest BCUT2D eigenvalue weighted by atomic mass is 9.83. The molecule has 1 unspecified atom stereocenters. The number of benzene rings is 3. The van der Waals surface area contributed by atoms with Crippen LogP contribution in [0.25, 0.3) is 0 Å². The molecule has 0 saturated carbocycles. The third-order valence-electron chi connectivity index (χ3n) is 5.72. The molecule has 0 spiro atoms. The van der Waals surface area contributed by atoms with Crippen molar-refractivity contribution in [1.29, 1.82) is 0 Å². The van der Waals surface area contributed by atoms with E-state index in [4.69, 9.17) is 10.5 Å². The van der Waals surface area contributed by atoms with E-state index in [0.29, 0.717) is 0 Å². The Morgan fingerprint density at radius 3 is 2.13 bits per heavy atom. The van der Waals surface area contributed by atoms with Gasteiger partial charge in [0, 0.05) is 16.7 Å². The number of rotatable bonds is 7. The molecule has 3 aromatic rings. The second kappa shape index (κ2) is 10.5. The number of esters is 2. The predicted octanol–water partition coefficient (Wildman–Crippen LogP) is 3.80. The summed E-state index contributed by atoms with van der Waals surface area (Å²) < 4.78 is 49.1. The van der Waals surface area contributed by atoms with E-state index in [0.717, 1.165) is 11.6 Å². The van der Waals surface area contributed by atoms with Gasteiger partial charge in [-0.1, -0.05) is 54.6 Å². The Labute approximate surface area is 214 Å². The van der Waals surface area contributed by atoms with Crippen LogP contribution in [-0.4, -0.2) is 42.0 Å². The number of hydrogen-bond donors (Lipinski definition) is 2. The van der Waals surface area contributed by atoms with Crippen molar-refractivity contribution in [2.24, 2.45) is 5.73 Å². The van der Waals surface area contributed by atoms with Gasteiger partial charge in [0.25, 0.3) is 0 Å². The van der Waals surface area contributed by atoms with E-state index < -0.39 is 53.3 Å². The molecule has 1 aliphatic carbocycles. The first-order valence-electron chi connectivity index (χ1n) is 11.4. The largest absolute Gasteiger partial charge is 0.491 e. The lowest BCUT2D eigenvalue weighted by molar-refractivity contribution is -0.189. The van der Waals surface area contributed by atoms with Crippen molar-refractivity contribution in [2.45, 2.75) is 31.8 Å². The molecule has 0 aliphatic heterocycles. The maximum absolute atomic E-state index is 13.2. The van der Waals surface area contributed by atoms with Crippen molar-refractivity contribution < 1.29 is 41.8 Å². The van der Waals surface area contributed by atoms with Crippen molar-refractivity contribution in [3.8, 4) is 5.75 Å². The number of halogens is 3. The van der Waals surface area contributed by atoms with Crippen LogP contribution < -0.4 is 15.8 Å². The van der Waals surface area contributed by atoms with Crippen LogP contribution in [-0.2, 0) is 20.7 Å². The van der Waals surface area contributed by atoms with E-state index in [1.165, 1.54) is 37.3 Å². The summed E-state index contributed by atoms with van der Waals surface area (Å²) in [6, 6.07) is 16.0. The van der Waals surface area contributed by atoms with Gasteiger partial charge in [0.1, 0.15) is 6.04 Å². The molecule has 0 saturated heterocycles. The summed E-state index contributed by atoms with van der Waals surface area (Å²) in [6.07, 6.45) is -6.38. The molecule has 4 rings (SSSR count). The second-order valence-corrected chi connectivity index (χ2v) is 8.48. The summed E-state index contributed by atoms with van der Waals surface area (Å²) in [7, 11) is 0. The van der Waals surface area contributed by atoms with Crippen LogP contribution in [0.4, 0.5) is 18.9 Å². The highest BCUT2D eigenvalue weighted by Crippen LogP contribution is 2.39. The van der Waals surface area contributed by atoms with Gasteiger partial charge in [-0.15, -0.1) is 0 Å². The fourth-order valence-electron chi connectivity index (χ4n) is 3.99. The zero-order valence-corrected chi connectivity index (χ0v) is 19.9. The summed E-state index contributed by atoms with van der Waals surface area (Å²) in [6.45, 7) is 1.37. The summed E-state index contributed by atoms with van der Waals surface area (Å²) in [4.78, 5) is 50.4. The van der Waals surface area contributed by atoms with Crippen molar-refractivity contribution in [3.63, 3.8) is 0 Å². The molecule has 0 amide bonds. The molecule has 0 radical (unpaired) electrons. The number of alkyl halides is 3. The van der Waals surface area contributed by atoms with Gasteiger partial charge >= 0.3 is 18.1 Å². The molecule has 0 heterocycles. The summed E-state index contributed by atoms with van der Waals surface area (Å²) in [5.41, 5.74) is 5.69. The van der Waals surface area contributed by atoms with Crippen molar-refractivity contribution in [2.75, 3.05) is 5.32 Å². The summed E-state index contributed by atoms with van der Waals surface area (Å²) >= 11 is 0. The van der Waals surface area contributed by atoms with Crippen LogP contribution in [0.5, 0.6) is 5.75 Å². The number of ketones is 2. The van der Waals surface area contributed by atoms with Gasteiger partial charge in [-0.3, -0.25) is 14.4 Å². The minimum atomic E-state index is -5.39. The van der Waals surface area contributed by atoms with Gasteiger partial charge in [-0.2, -0.15) is 13.2 Å². The van der Waals surface area contributed by atoms with Gasteiger partial charge < -0.3 is 20.5 Å². The van der Waals surface area contributed by atoms with Crippen LogP contribution in [0.1, 0.15) is 44.3 Å². The molecular formula is C27H21F3N2O6. The number of carbonyl (C=O) groups is 4. The van der Waals surface area contributed by atoms with Crippen LogP contribution in [0.3, 0.4) is 0 Å². The first kappa shape index (κ1) is 26.6. The molecule has 0 fully saturated rings. The topological polar surface area (TPSA) is 125 Å². The van der Waals surface area contributed by atoms with Crippen LogP contribution >= 0.6 is 0 Å². The SMILES string of the molecule is CC(Nc1ccc2c(c1OC(=O)C(F)(F)F)C(=O)c1ccccc1C2=O)OC(=O)[C@@H](N)Cc1ccccc1. The van der Waals surface area contributed by atoms with Gasteiger partial charge in [0.15, 0.2) is 23.5 Å². The number of nitrogens with one attached hydrogen (secondary N) is 1. The fraction of sp³-hybridized carbons (Fsp3) is 0.185. The normalized spacial score (nSPS) is 14.1. The molecule has 0 aromatic heterocycles. The van der Waals surface area contributed by atoms with Gasteiger partial charge in [0.05, 0.1) is 11.3 Å².